The van der Waals surface area contributed by atoms with Crippen LogP contribution in [-0.2, 0) is 4.79 Å². The van der Waals surface area contributed by atoms with Crippen LogP contribution in [0.5, 0.6) is 0 Å². The second-order valence-corrected chi connectivity index (χ2v) is 6.80. The van der Waals surface area contributed by atoms with Crippen LogP contribution >= 0.6 is 0 Å². The van der Waals surface area contributed by atoms with E-state index in [2.05, 4.69) is 6.58 Å². The molecule has 24 heavy (non-hydrogen) atoms. The molecule has 2 heterocycles. The average molecular weight is 329 g/mol. The molecule has 0 radical (unpaired) electrons. The van der Waals surface area contributed by atoms with E-state index in [1.165, 1.54) is 0 Å². The van der Waals surface area contributed by atoms with Gasteiger partial charge in [-0.05, 0) is 31.9 Å². The average Bonchev–Trinajstić information content (AvgIpc) is 2.93. The monoisotopic (exact) mass is 329 g/mol. The van der Waals surface area contributed by atoms with Crippen LogP contribution in [0.3, 0.4) is 0 Å². The Bertz CT molecular complexity index is 675. The molecule has 1 aromatic rings. The van der Waals surface area contributed by atoms with Gasteiger partial charge in [0.25, 0.3) is 5.91 Å². The third-order valence-electron chi connectivity index (χ3n) is 5.22. The van der Waals surface area contributed by atoms with E-state index < -0.39 is 17.6 Å². The predicted molar refractivity (Wildman–Crippen MR) is 90.4 cm³/mol. The van der Waals surface area contributed by atoms with Crippen molar-refractivity contribution in [2.24, 2.45) is 5.73 Å². The molecular formula is C18H23N3O3. The Kier molecular flexibility index (Phi) is 4.09. The highest BCUT2D eigenvalue weighted by Crippen LogP contribution is 2.43. The highest BCUT2D eigenvalue weighted by Gasteiger charge is 2.53. The number of rotatable bonds is 3. The van der Waals surface area contributed by atoms with Crippen LogP contribution in [0, 0.1) is 0 Å². The molecule has 6 nitrogen and oxygen atoms in total. The summed E-state index contributed by atoms with van der Waals surface area (Å²) in [7, 11) is 0. The van der Waals surface area contributed by atoms with Crippen LogP contribution in [-0.4, -0.2) is 57.5 Å². The van der Waals surface area contributed by atoms with Gasteiger partial charge in [0.1, 0.15) is 6.04 Å². The fourth-order valence-electron chi connectivity index (χ4n) is 4.05. The minimum Gasteiger partial charge on any atom is -0.480 e. The van der Waals surface area contributed by atoms with E-state index in [0.29, 0.717) is 30.6 Å². The maximum atomic E-state index is 13.0. The Morgan fingerprint density at radius 3 is 2.62 bits per heavy atom. The molecule has 2 saturated heterocycles. The number of piperazine rings is 1. The van der Waals surface area contributed by atoms with Crippen LogP contribution in [0.15, 0.2) is 42.6 Å². The lowest BCUT2D eigenvalue weighted by Gasteiger charge is -2.52. The molecule has 3 atom stereocenters. The largest absolute Gasteiger partial charge is 0.480 e. The molecule has 1 aromatic carbocycles. The Morgan fingerprint density at radius 2 is 2.04 bits per heavy atom. The van der Waals surface area contributed by atoms with Gasteiger partial charge in [0.2, 0.25) is 0 Å². The number of aliphatic carboxylic acids is 1. The Labute approximate surface area is 141 Å². The number of carboxylic acids is 1. The van der Waals surface area contributed by atoms with Gasteiger partial charge >= 0.3 is 5.97 Å². The summed E-state index contributed by atoms with van der Waals surface area (Å²) in [5.41, 5.74) is 6.73. The SMILES string of the molecule is C=C1C(CN)N(C(=O)c2ccccc2)CC2(C)CCC(C(=O)O)N12. The summed E-state index contributed by atoms with van der Waals surface area (Å²) >= 11 is 0. The van der Waals surface area contributed by atoms with Crippen molar-refractivity contribution in [3.05, 3.63) is 48.2 Å². The lowest BCUT2D eigenvalue weighted by Crippen LogP contribution is -2.65. The highest BCUT2D eigenvalue weighted by atomic mass is 16.4. The van der Waals surface area contributed by atoms with Gasteiger partial charge in [-0.1, -0.05) is 24.8 Å². The van der Waals surface area contributed by atoms with Gasteiger partial charge in [-0.2, -0.15) is 0 Å². The molecule has 0 spiro atoms. The van der Waals surface area contributed by atoms with E-state index in [9.17, 15) is 14.7 Å². The smallest absolute Gasteiger partial charge is 0.326 e. The number of hydrogen-bond acceptors (Lipinski definition) is 4. The molecule has 128 valence electrons. The number of hydrogen-bond donors (Lipinski definition) is 2. The van der Waals surface area contributed by atoms with Gasteiger partial charge in [0, 0.05) is 24.4 Å². The topological polar surface area (TPSA) is 86.9 Å². The standard InChI is InChI=1S/C18H23N3O3/c1-12-15(10-19)20(16(22)13-6-4-3-5-7-13)11-18(2)9-8-14(17(23)24)21(12)18/h3-7,14-15H,1,8-11,19H2,2H3,(H,23,24). The second kappa shape index (κ2) is 5.94. The molecule has 3 N–H and O–H groups in total. The molecule has 3 unspecified atom stereocenters. The van der Waals surface area contributed by atoms with Crippen molar-refractivity contribution in [1.82, 2.24) is 9.80 Å². The molecule has 1 amide bonds. The number of carboxylic acid groups (broad SMARTS) is 1. The minimum atomic E-state index is -0.849. The van der Waals surface area contributed by atoms with Crippen molar-refractivity contribution in [2.45, 2.75) is 37.4 Å². The Hall–Kier alpha value is -2.34. The second-order valence-electron chi connectivity index (χ2n) is 6.80. The maximum Gasteiger partial charge on any atom is 0.326 e. The summed E-state index contributed by atoms with van der Waals surface area (Å²) in [6.07, 6.45) is 1.26. The number of nitrogens with zero attached hydrogens (tertiary/aromatic N) is 2. The first-order valence-electron chi connectivity index (χ1n) is 8.16. The Balaban J connectivity index is 1.95. The summed E-state index contributed by atoms with van der Waals surface area (Å²) in [6, 6.07) is 8.10. The fourth-order valence-corrected chi connectivity index (χ4v) is 4.05. The van der Waals surface area contributed by atoms with E-state index in [1.54, 1.807) is 17.0 Å². The van der Waals surface area contributed by atoms with Crippen LogP contribution < -0.4 is 5.73 Å². The van der Waals surface area contributed by atoms with E-state index >= 15 is 0 Å². The zero-order valence-electron chi connectivity index (χ0n) is 13.8. The van der Waals surface area contributed by atoms with Crippen LogP contribution in [0.1, 0.15) is 30.1 Å². The number of carbonyl (C=O) groups is 2. The summed E-state index contributed by atoms with van der Waals surface area (Å²) in [4.78, 5) is 28.2. The number of fused-ring (bicyclic) bond motifs is 1. The Morgan fingerprint density at radius 1 is 1.38 bits per heavy atom. The molecule has 0 saturated carbocycles. The van der Waals surface area contributed by atoms with Crippen molar-refractivity contribution < 1.29 is 14.7 Å². The van der Waals surface area contributed by atoms with Crippen molar-refractivity contribution >= 4 is 11.9 Å². The molecule has 0 aromatic heterocycles. The van der Waals surface area contributed by atoms with E-state index in [4.69, 9.17) is 5.73 Å². The van der Waals surface area contributed by atoms with Gasteiger partial charge in [-0.15, -0.1) is 0 Å². The van der Waals surface area contributed by atoms with Gasteiger partial charge in [0.15, 0.2) is 0 Å². The van der Waals surface area contributed by atoms with Crippen molar-refractivity contribution in [1.29, 1.82) is 0 Å². The van der Waals surface area contributed by atoms with E-state index in [-0.39, 0.29) is 18.5 Å². The van der Waals surface area contributed by atoms with Crippen LogP contribution in [0.2, 0.25) is 0 Å². The lowest BCUT2D eigenvalue weighted by atomic mass is 9.91. The summed E-state index contributed by atoms with van der Waals surface area (Å²) in [6.45, 7) is 6.77. The fraction of sp³-hybridized carbons (Fsp3) is 0.444. The number of amides is 1. The normalized spacial score (nSPS) is 29.5. The molecule has 2 aliphatic rings. The zero-order chi connectivity index (χ0) is 17.5. The minimum absolute atomic E-state index is 0.0909. The van der Waals surface area contributed by atoms with Crippen LogP contribution in [0.25, 0.3) is 0 Å². The summed E-state index contributed by atoms with van der Waals surface area (Å²) in [5, 5.41) is 9.50. The van der Waals surface area contributed by atoms with Crippen LogP contribution in [0.4, 0.5) is 0 Å². The van der Waals surface area contributed by atoms with E-state index in [0.717, 1.165) is 0 Å². The molecule has 0 aliphatic carbocycles. The number of nitrogens with two attached hydrogens (primary N) is 1. The van der Waals surface area contributed by atoms with E-state index in [1.807, 2.05) is 30.0 Å². The third-order valence-corrected chi connectivity index (χ3v) is 5.22. The summed E-state index contributed by atoms with van der Waals surface area (Å²) < 4.78 is 0. The summed E-state index contributed by atoms with van der Waals surface area (Å²) in [5.74, 6) is -0.940. The van der Waals surface area contributed by atoms with Crippen molar-refractivity contribution in [2.75, 3.05) is 13.1 Å². The van der Waals surface area contributed by atoms with Gasteiger partial charge < -0.3 is 20.6 Å². The highest BCUT2D eigenvalue weighted by molar-refractivity contribution is 5.95. The van der Waals surface area contributed by atoms with Gasteiger partial charge in [0.05, 0.1) is 11.6 Å². The molecule has 2 fully saturated rings. The first-order valence-corrected chi connectivity index (χ1v) is 8.16. The molecular weight excluding hydrogens is 306 g/mol. The molecule has 0 bridgehead atoms. The number of carbonyl (C=O) groups excluding carboxylic acids is 1. The van der Waals surface area contributed by atoms with Gasteiger partial charge in [-0.25, -0.2) is 4.79 Å². The van der Waals surface area contributed by atoms with Crippen molar-refractivity contribution in [3.8, 4) is 0 Å². The third kappa shape index (κ3) is 2.47. The molecule has 6 heteroatoms. The molecule has 2 aliphatic heterocycles. The molecule has 3 rings (SSSR count). The first kappa shape index (κ1) is 16.5. The zero-order valence-corrected chi connectivity index (χ0v) is 13.8. The lowest BCUT2D eigenvalue weighted by molar-refractivity contribution is -0.143. The van der Waals surface area contributed by atoms with Crippen molar-refractivity contribution in [3.63, 3.8) is 0 Å². The maximum absolute atomic E-state index is 13.0. The van der Waals surface area contributed by atoms with Gasteiger partial charge in [-0.3, -0.25) is 4.79 Å². The number of benzene rings is 1. The quantitative estimate of drug-likeness (QED) is 0.872. The predicted octanol–water partition coefficient (Wildman–Crippen LogP) is 1.29. The first-order chi connectivity index (χ1) is 11.4.